The first-order chi connectivity index (χ1) is 21.0. The molecule has 0 bridgehead atoms. The number of ether oxygens (including phenoxy) is 1. The SMILES string of the molecule is CCC1c2ccccc2OCCN1Cc1cccc(-c2cccc(-n3ncc(C(=O)O)c3[C@@H]3C[C@H]3c3cn(C)nn3)c2)c1. The van der Waals surface area contributed by atoms with Crippen molar-refractivity contribution in [3.63, 3.8) is 0 Å². The van der Waals surface area contributed by atoms with Crippen LogP contribution in [0.4, 0.5) is 0 Å². The Hall–Kier alpha value is -4.76. The molecule has 2 aromatic heterocycles. The first-order valence-electron chi connectivity index (χ1n) is 14.8. The van der Waals surface area contributed by atoms with Crippen molar-refractivity contribution in [2.24, 2.45) is 7.05 Å². The summed E-state index contributed by atoms with van der Waals surface area (Å²) >= 11 is 0. The molecule has 3 aromatic carbocycles. The fourth-order valence-corrected chi connectivity index (χ4v) is 6.53. The molecule has 0 spiro atoms. The topological polar surface area (TPSA) is 98.3 Å². The van der Waals surface area contributed by atoms with Crippen LogP contribution in [-0.4, -0.2) is 53.9 Å². The molecule has 218 valence electrons. The van der Waals surface area contributed by atoms with Crippen molar-refractivity contribution < 1.29 is 14.6 Å². The van der Waals surface area contributed by atoms with E-state index in [4.69, 9.17) is 4.74 Å². The molecule has 7 rings (SSSR count). The summed E-state index contributed by atoms with van der Waals surface area (Å²) in [5, 5.41) is 22.9. The van der Waals surface area contributed by atoms with Crippen LogP contribution in [0, 0.1) is 0 Å². The summed E-state index contributed by atoms with van der Waals surface area (Å²) in [6.07, 6.45) is 5.19. The molecule has 1 N–H and O–H groups in total. The zero-order valence-electron chi connectivity index (χ0n) is 24.3. The third-order valence-corrected chi connectivity index (χ3v) is 8.66. The fourth-order valence-electron chi connectivity index (χ4n) is 6.53. The average molecular weight is 575 g/mol. The number of benzene rings is 3. The number of carboxylic acid groups (broad SMARTS) is 1. The van der Waals surface area contributed by atoms with Gasteiger partial charge < -0.3 is 9.84 Å². The summed E-state index contributed by atoms with van der Waals surface area (Å²) in [5.41, 5.74) is 7.30. The van der Waals surface area contributed by atoms with Crippen LogP contribution in [0.2, 0.25) is 0 Å². The maximum Gasteiger partial charge on any atom is 0.339 e. The molecular formula is C34H34N6O3. The minimum absolute atomic E-state index is 0.0199. The monoisotopic (exact) mass is 574 g/mol. The van der Waals surface area contributed by atoms with Crippen LogP contribution < -0.4 is 4.74 Å². The third-order valence-electron chi connectivity index (χ3n) is 8.66. The lowest BCUT2D eigenvalue weighted by Gasteiger charge is -2.29. The largest absolute Gasteiger partial charge is 0.492 e. The summed E-state index contributed by atoms with van der Waals surface area (Å²) in [5.74, 6) is 0.166. The molecule has 1 aliphatic carbocycles. The van der Waals surface area contributed by atoms with Crippen molar-refractivity contribution in [2.75, 3.05) is 13.2 Å². The minimum Gasteiger partial charge on any atom is -0.492 e. The van der Waals surface area contributed by atoms with Gasteiger partial charge in [-0.25, -0.2) is 9.48 Å². The molecule has 3 atom stereocenters. The lowest BCUT2D eigenvalue weighted by atomic mass is 9.99. The van der Waals surface area contributed by atoms with Crippen molar-refractivity contribution in [3.8, 4) is 22.6 Å². The Morgan fingerprint density at radius 3 is 2.63 bits per heavy atom. The van der Waals surface area contributed by atoms with Crippen LogP contribution in [0.15, 0.2) is 85.2 Å². The number of aromatic nitrogens is 5. The number of rotatable bonds is 8. The Balaban J connectivity index is 1.17. The van der Waals surface area contributed by atoms with Crippen molar-refractivity contribution in [3.05, 3.63) is 113 Å². The molecule has 0 amide bonds. The quantitative estimate of drug-likeness (QED) is 0.243. The molecule has 9 nitrogen and oxygen atoms in total. The van der Waals surface area contributed by atoms with Crippen LogP contribution in [0.3, 0.4) is 0 Å². The lowest BCUT2D eigenvalue weighted by molar-refractivity contribution is 0.0695. The second-order valence-corrected chi connectivity index (χ2v) is 11.5. The highest BCUT2D eigenvalue weighted by Gasteiger charge is 2.46. The van der Waals surface area contributed by atoms with Gasteiger partial charge >= 0.3 is 5.97 Å². The van der Waals surface area contributed by atoms with Crippen LogP contribution in [0.25, 0.3) is 16.8 Å². The molecule has 43 heavy (non-hydrogen) atoms. The molecule has 0 saturated heterocycles. The number of hydrogen-bond donors (Lipinski definition) is 1. The number of hydrogen-bond acceptors (Lipinski definition) is 6. The number of para-hydroxylation sites is 1. The Labute approximate surface area is 250 Å². The van der Waals surface area contributed by atoms with Gasteiger partial charge in [0.2, 0.25) is 0 Å². The fraction of sp³-hybridized carbons (Fsp3) is 0.294. The standard InChI is InChI=1S/C34H34N6O3/c1-3-31-26-12-4-5-13-32(26)43-15-14-39(31)20-22-8-6-9-23(16-22)24-10-7-11-25(17-24)40-33(29(19-35-40)34(41)42)28-18-27(28)30-21-38(2)37-36-30/h4-13,16-17,19,21,27-28,31H,3,14-15,18,20H2,1-2H3,(H,41,42)/t27-,28-,31?/m1/s1. The molecule has 5 aromatic rings. The van der Waals surface area contributed by atoms with E-state index in [1.54, 1.807) is 9.36 Å². The van der Waals surface area contributed by atoms with Crippen LogP contribution in [0.1, 0.15) is 70.5 Å². The molecule has 1 saturated carbocycles. The van der Waals surface area contributed by atoms with Gasteiger partial charge in [0.1, 0.15) is 17.9 Å². The van der Waals surface area contributed by atoms with Crippen molar-refractivity contribution >= 4 is 5.97 Å². The van der Waals surface area contributed by atoms with E-state index in [1.807, 2.05) is 31.4 Å². The Kier molecular flexibility index (Phi) is 7.02. The van der Waals surface area contributed by atoms with E-state index in [0.717, 1.165) is 54.2 Å². The number of carboxylic acids is 1. The van der Waals surface area contributed by atoms with Crippen molar-refractivity contribution in [2.45, 2.75) is 44.2 Å². The van der Waals surface area contributed by atoms with E-state index in [1.165, 1.54) is 17.3 Å². The number of nitrogens with zero attached hydrogens (tertiary/aromatic N) is 6. The van der Waals surface area contributed by atoms with E-state index < -0.39 is 5.97 Å². The van der Waals surface area contributed by atoms with Gasteiger partial charge in [-0.3, -0.25) is 9.58 Å². The van der Waals surface area contributed by atoms with Crippen molar-refractivity contribution in [1.29, 1.82) is 0 Å². The van der Waals surface area contributed by atoms with Gasteiger partial charge in [0.05, 0.1) is 23.3 Å². The van der Waals surface area contributed by atoms with Gasteiger partial charge in [-0.05, 0) is 53.8 Å². The number of aromatic carboxylic acids is 1. The van der Waals surface area contributed by atoms with Gasteiger partial charge in [-0.2, -0.15) is 5.10 Å². The highest BCUT2D eigenvalue weighted by Crippen LogP contribution is 2.55. The summed E-state index contributed by atoms with van der Waals surface area (Å²) in [4.78, 5) is 14.7. The second kappa shape index (κ2) is 11.1. The van der Waals surface area contributed by atoms with E-state index in [-0.39, 0.29) is 17.4 Å². The van der Waals surface area contributed by atoms with Crippen molar-refractivity contribution in [1.82, 2.24) is 29.7 Å². The van der Waals surface area contributed by atoms with E-state index in [0.29, 0.717) is 18.3 Å². The lowest BCUT2D eigenvalue weighted by Crippen LogP contribution is -2.29. The Morgan fingerprint density at radius 2 is 1.84 bits per heavy atom. The van der Waals surface area contributed by atoms with Crippen LogP contribution in [0.5, 0.6) is 5.75 Å². The Morgan fingerprint density at radius 1 is 1.02 bits per heavy atom. The van der Waals surface area contributed by atoms with Gasteiger partial charge in [-0.1, -0.05) is 60.7 Å². The normalized spacial score (nSPS) is 19.8. The van der Waals surface area contributed by atoms with E-state index in [9.17, 15) is 9.90 Å². The number of fused-ring (bicyclic) bond motifs is 1. The van der Waals surface area contributed by atoms with E-state index in [2.05, 4.69) is 81.8 Å². The summed E-state index contributed by atoms with van der Waals surface area (Å²) in [7, 11) is 1.84. The molecule has 1 unspecified atom stereocenters. The molecular weight excluding hydrogens is 540 g/mol. The van der Waals surface area contributed by atoms with Gasteiger partial charge in [-0.15, -0.1) is 5.10 Å². The first-order valence-corrected chi connectivity index (χ1v) is 14.8. The number of aryl methyl sites for hydroxylation is 1. The van der Waals surface area contributed by atoms with E-state index >= 15 is 0 Å². The van der Waals surface area contributed by atoms with Gasteiger partial charge in [0, 0.05) is 49.8 Å². The smallest absolute Gasteiger partial charge is 0.339 e. The predicted octanol–water partition coefficient (Wildman–Crippen LogP) is 5.98. The molecule has 3 heterocycles. The summed E-state index contributed by atoms with van der Waals surface area (Å²) in [6, 6.07) is 25.5. The molecule has 9 heteroatoms. The predicted molar refractivity (Wildman–Crippen MR) is 162 cm³/mol. The highest BCUT2D eigenvalue weighted by molar-refractivity contribution is 5.89. The first kappa shape index (κ1) is 27.1. The molecule has 1 aliphatic heterocycles. The summed E-state index contributed by atoms with van der Waals surface area (Å²) < 4.78 is 9.55. The highest BCUT2D eigenvalue weighted by atomic mass is 16.5. The zero-order chi connectivity index (χ0) is 29.5. The van der Waals surface area contributed by atoms with Gasteiger partial charge in [0.25, 0.3) is 0 Å². The van der Waals surface area contributed by atoms with Crippen LogP contribution >= 0.6 is 0 Å². The van der Waals surface area contributed by atoms with Crippen LogP contribution in [-0.2, 0) is 13.6 Å². The maximum absolute atomic E-state index is 12.2. The second-order valence-electron chi connectivity index (χ2n) is 11.5. The van der Waals surface area contributed by atoms with Gasteiger partial charge in [0.15, 0.2) is 0 Å². The minimum atomic E-state index is -0.971. The maximum atomic E-state index is 12.2. The third kappa shape index (κ3) is 5.21. The molecule has 0 radical (unpaired) electrons. The summed E-state index contributed by atoms with van der Waals surface area (Å²) in [6.45, 7) is 4.58. The zero-order valence-corrected chi connectivity index (χ0v) is 24.3. The average Bonchev–Trinajstić information content (AvgIpc) is 3.53. The Bertz CT molecular complexity index is 1790. The molecule has 2 aliphatic rings. The molecule has 1 fully saturated rings. The number of carbonyl (C=O) groups is 1.